The predicted octanol–water partition coefficient (Wildman–Crippen LogP) is 3.41. The zero-order valence-corrected chi connectivity index (χ0v) is 16.7. The summed E-state index contributed by atoms with van der Waals surface area (Å²) in [4.78, 5) is 12.3. The maximum Gasteiger partial charge on any atom is 0.258 e. The lowest BCUT2D eigenvalue weighted by Gasteiger charge is -2.70. The third kappa shape index (κ3) is 3.45. The van der Waals surface area contributed by atoms with Crippen molar-refractivity contribution in [2.24, 2.45) is 0 Å². The Labute approximate surface area is 174 Å². The van der Waals surface area contributed by atoms with E-state index in [4.69, 9.17) is 16.3 Å². The number of amides is 1. The zero-order valence-electron chi connectivity index (χ0n) is 16.0. The highest BCUT2D eigenvalue weighted by molar-refractivity contribution is 6.30. The molecule has 29 heavy (non-hydrogen) atoms. The van der Waals surface area contributed by atoms with Gasteiger partial charge in [0, 0.05) is 29.4 Å². The SMILES string of the molecule is O=C(COc1ccc(Cl)c(F)c1)NC12CC(Nc3cccc4c3CCNC4)(C1)C2. The molecule has 2 aromatic carbocycles. The highest BCUT2D eigenvalue weighted by atomic mass is 35.5. The Balaban J connectivity index is 1.13. The minimum atomic E-state index is -0.559. The summed E-state index contributed by atoms with van der Waals surface area (Å²) in [6.45, 7) is 1.80. The van der Waals surface area contributed by atoms with Gasteiger partial charge < -0.3 is 20.7 Å². The number of fused-ring (bicyclic) bond motifs is 1. The molecule has 4 aliphatic rings. The van der Waals surface area contributed by atoms with Gasteiger partial charge in [0.1, 0.15) is 11.6 Å². The molecule has 3 saturated carbocycles. The summed E-state index contributed by atoms with van der Waals surface area (Å²) < 4.78 is 18.8. The van der Waals surface area contributed by atoms with Crippen molar-refractivity contribution in [3.63, 3.8) is 0 Å². The van der Waals surface area contributed by atoms with Gasteiger partial charge in [-0.3, -0.25) is 4.79 Å². The molecule has 1 amide bonds. The van der Waals surface area contributed by atoms with Gasteiger partial charge in [-0.15, -0.1) is 0 Å². The van der Waals surface area contributed by atoms with Crippen molar-refractivity contribution in [2.45, 2.75) is 43.3 Å². The van der Waals surface area contributed by atoms with Crippen molar-refractivity contribution in [1.82, 2.24) is 10.6 Å². The summed E-state index contributed by atoms with van der Waals surface area (Å²) in [5, 5.41) is 10.3. The van der Waals surface area contributed by atoms with E-state index in [1.54, 1.807) is 6.07 Å². The lowest BCUT2D eigenvalue weighted by molar-refractivity contribution is -0.135. The van der Waals surface area contributed by atoms with E-state index in [1.165, 1.54) is 28.9 Å². The molecule has 2 bridgehead atoms. The second-order valence-electron chi connectivity index (χ2n) is 8.50. The Kier molecular flexibility index (Phi) is 4.44. The minimum absolute atomic E-state index is 0.0319. The van der Waals surface area contributed by atoms with Gasteiger partial charge in [0.2, 0.25) is 0 Å². The molecule has 5 nitrogen and oxygen atoms in total. The van der Waals surface area contributed by atoms with Crippen molar-refractivity contribution >= 4 is 23.2 Å². The van der Waals surface area contributed by atoms with Gasteiger partial charge in [0.25, 0.3) is 5.91 Å². The Hall–Kier alpha value is -2.31. The predicted molar refractivity (Wildman–Crippen MR) is 110 cm³/mol. The van der Waals surface area contributed by atoms with Crippen LogP contribution in [0.4, 0.5) is 10.1 Å². The first-order chi connectivity index (χ1) is 14.0. The van der Waals surface area contributed by atoms with E-state index in [9.17, 15) is 9.18 Å². The van der Waals surface area contributed by atoms with Crippen LogP contribution in [0, 0.1) is 5.82 Å². The lowest BCUT2D eigenvalue weighted by Crippen LogP contribution is -2.81. The molecule has 6 rings (SSSR count). The third-order valence-electron chi connectivity index (χ3n) is 6.24. The van der Waals surface area contributed by atoms with E-state index in [1.807, 2.05) is 0 Å². The number of hydrogen-bond donors (Lipinski definition) is 3. The Morgan fingerprint density at radius 2 is 2.03 bits per heavy atom. The molecule has 3 aliphatic carbocycles. The van der Waals surface area contributed by atoms with Gasteiger partial charge in [0.15, 0.2) is 6.61 Å². The smallest absolute Gasteiger partial charge is 0.258 e. The van der Waals surface area contributed by atoms with E-state index in [0.717, 1.165) is 38.8 Å². The van der Waals surface area contributed by atoms with E-state index >= 15 is 0 Å². The summed E-state index contributed by atoms with van der Waals surface area (Å²) in [6, 6.07) is 10.6. The normalized spacial score (nSPS) is 26.6. The Morgan fingerprint density at radius 3 is 2.83 bits per heavy atom. The van der Waals surface area contributed by atoms with Gasteiger partial charge in [-0.1, -0.05) is 23.7 Å². The quantitative estimate of drug-likeness (QED) is 0.676. The monoisotopic (exact) mass is 415 g/mol. The fraction of sp³-hybridized carbons (Fsp3) is 0.409. The fourth-order valence-electron chi connectivity index (χ4n) is 5.04. The van der Waals surface area contributed by atoms with E-state index in [-0.39, 0.29) is 28.6 Å². The first-order valence-corrected chi connectivity index (χ1v) is 10.3. The number of carbonyl (C=O) groups is 1. The zero-order chi connectivity index (χ0) is 20.1. The number of halogens is 2. The van der Waals surface area contributed by atoms with Crippen molar-refractivity contribution in [1.29, 1.82) is 0 Å². The molecule has 1 aliphatic heterocycles. The Morgan fingerprint density at radius 1 is 1.21 bits per heavy atom. The molecule has 0 saturated heterocycles. The van der Waals surface area contributed by atoms with Crippen molar-refractivity contribution in [3.8, 4) is 5.75 Å². The van der Waals surface area contributed by atoms with Crippen LogP contribution in [0.15, 0.2) is 36.4 Å². The van der Waals surface area contributed by atoms with Gasteiger partial charge in [0.05, 0.1) is 5.02 Å². The van der Waals surface area contributed by atoms with Gasteiger partial charge in [-0.25, -0.2) is 4.39 Å². The first kappa shape index (κ1) is 18.7. The first-order valence-electron chi connectivity index (χ1n) is 9.95. The number of nitrogens with one attached hydrogen (secondary N) is 3. The molecule has 7 heteroatoms. The minimum Gasteiger partial charge on any atom is -0.484 e. The van der Waals surface area contributed by atoms with Crippen molar-refractivity contribution in [2.75, 3.05) is 18.5 Å². The second-order valence-corrected chi connectivity index (χ2v) is 8.91. The molecule has 3 N–H and O–H groups in total. The number of ether oxygens (including phenoxy) is 1. The van der Waals surface area contributed by atoms with Crippen molar-refractivity contribution in [3.05, 3.63) is 58.4 Å². The van der Waals surface area contributed by atoms with E-state index in [2.05, 4.69) is 34.1 Å². The summed E-state index contributed by atoms with van der Waals surface area (Å²) in [7, 11) is 0. The highest BCUT2D eigenvalue weighted by Gasteiger charge is 2.68. The molecule has 0 radical (unpaired) electrons. The average Bonchev–Trinajstić information content (AvgIpc) is 2.66. The molecule has 0 unspecified atom stereocenters. The van der Waals surface area contributed by atoms with Crippen LogP contribution in [0.2, 0.25) is 5.02 Å². The molecule has 152 valence electrons. The highest BCUT2D eigenvalue weighted by Crippen LogP contribution is 2.62. The molecule has 1 heterocycles. The number of rotatable bonds is 6. The van der Waals surface area contributed by atoms with Crippen LogP contribution < -0.4 is 20.7 Å². The molecule has 0 atom stereocenters. The van der Waals surface area contributed by atoms with Gasteiger partial charge in [-0.05, 0) is 61.6 Å². The summed E-state index contributed by atoms with van der Waals surface area (Å²) in [5.41, 5.74) is 3.98. The van der Waals surface area contributed by atoms with Gasteiger partial charge in [-0.2, -0.15) is 0 Å². The average molecular weight is 416 g/mol. The lowest BCUT2D eigenvalue weighted by atomic mass is 9.44. The van der Waals surface area contributed by atoms with E-state index < -0.39 is 5.82 Å². The number of anilines is 1. The van der Waals surface area contributed by atoms with Crippen LogP contribution in [-0.2, 0) is 17.8 Å². The van der Waals surface area contributed by atoms with E-state index in [0.29, 0.717) is 5.75 Å². The van der Waals surface area contributed by atoms with Crippen LogP contribution in [-0.4, -0.2) is 30.1 Å². The molecular formula is C22H23ClFN3O2. The third-order valence-corrected chi connectivity index (χ3v) is 6.54. The van der Waals surface area contributed by atoms with Crippen LogP contribution >= 0.6 is 11.6 Å². The molecule has 2 aromatic rings. The largest absolute Gasteiger partial charge is 0.484 e. The Bertz CT molecular complexity index is 961. The fourth-order valence-corrected chi connectivity index (χ4v) is 5.15. The van der Waals surface area contributed by atoms with Crippen LogP contribution in [0.1, 0.15) is 30.4 Å². The van der Waals surface area contributed by atoms with Crippen molar-refractivity contribution < 1.29 is 13.9 Å². The van der Waals surface area contributed by atoms with Gasteiger partial charge >= 0.3 is 0 Å². The summed E-state index contributed by atoms with van der Waals surface area (Å²) in [6.07, 6.45) is 3.80. The number of benzene rings is 2. The van der Waals surface area contributed by atoms with Crippen LogP contribution in [0.5, 0.6) is 5.75 Å². The second kappa shape index (κ2) is 6.89. The molecule has 0 aromatic heterocycles. The maximum atomic E-state index is 13.4. The standard InChI is InChI=1S/C22H23ClFN3O2/c23-17-5-4-15(8-18(17)24)29-10-20(28)27-22-11-21(12-22,13-22)26-19-3-1-2-14-9-25-7-6-16(14)19/h1-5,8,25-26H,6-7,9-13H2,(H,27,28). The van der Waals surface area contributed by atoms with Crippen LogP contribution in [0.3, 0.4) is 0 Å². The molecule has 3 fully saturated rings. The topological polar surface area (TPSA) is 62.4 Å². The number of hydrogen-bond acceptors (Lipinski definition) is 4. The molecule has 0 spiro atoms. The summed E-state index contributed by atoms with van der Waals surface area (Å²) >= 11 is 5.65. The van der Waals surface area contributed by atoms with Crippen LogP contribution in [0.25, 0.3) is 0 Å². The summed E-state index contributed by atoms with van der Waals surface area (Å²) in [5.74, 6) is -0.450. The number of carbonyl (C=O) groups excluding carboxylic acids is 1. The molecular weight excluding hydrogens is 393 g/mol. The maximum absolute atomic E-state index is 13.4.